The van der Waals surface area contributed by atoms with Crippen molar-refractivity contribution in [3.63, 3.8) is 0 Å². The second-order valence-electron chi connectivity index (χ2n) is 3.84. The molecule has 0 saturated carbocycles. The summed E-state index contributed by atoms with van der Waals surface area (Å²) in [4.78, 5) is 12.5. The van der Waals surface area contributed by atoms with Crippen LogP contribution in [0.2, 0.25) is 0 Å². The van der Waals surface area contributed by atoms with Crippen molar-refractivity contribution in [1.29, 1.82) is 0 Å². The van der Waals surface area contributed by atoms with Gasteiger partial charge in [0.25, 0.3) is 0 Å². The predicted octanol–water partition coefficient (Wildman–Crippen LogP) is 2.69. The highest BCUT2D eigenvalue weighted by atomic mass is 32.1. The molecule has 0 unspecified atom stereocenters. The molecule has 94 valence electrons. The number of nitrogens with one attached hydrogen (secondary N) is 1. The van der Waals surface area contributed by atoms with Gasteiger partial charge in [-0.1, -0.05) is 6.07 Å². The Kier molecular flexibility index (Phi) is 3.84. The maximum atomic E-state index is 10.6. The van der Waals surface area contributed by atoms with Gasteiger partial charge in [-0.05, 0) is 24.3 Å². The molecule has 3 N–H and O–H groups in total. The third-order valence-electron chi connectivity index (χ3n) is 2.36. The molecule has 0 aliphatic rings. The molecular formula is C13H13NO3S. The molecular weight excluding hydrogens is 250 g/mol. The van der Waals surface area contributed by atoms with Crippen LogP contribution < -0.4 is 5.32 Å². The van der Waals surface area contributed by atoms with Crippen molar-refractivity contribution in [2.75, 3.05) is 5.32 Å². The Hall–Kier alpha value is -2.01. The van der Waals surface area contributed by atoms with E-state index < -0.39 is 5.97 Å². The summed E-state index contributed by atoms with van der Waals surface area (Å²) in [6, 6.07) is 10.6. The van der Waals surface area contributed by atoms with Crippen molar-refractivity contribution in [2.24, 2.45) is 0 Å². The van der Waals surface area contributed by atoms with Gasteiger partial charge in [-0.3, -0.25) is 4.79 Å². The van der Waals surface area contributed by atoms with Gasteiger partial charge in [0, 0.05) is 28.1 Å². The van der Waals surface area contributed by atoms with Crippen molar-refractivity contribution in [1.82, 2.24) is 0 Å². The third kappa shape index (κ3) is 3.49. The highest BCUT2D eigenvalue weighted by molar-refractivity contribution is 7.12. The van der Waals surface area contributed by atoms with Crippen LogP contribution in [0.1, 0.15) is 9.75 Å². The topological polar surface area (TPSA) is 69.6 Å². The Balaban J connectivity index is 1.94. The molecule has 0 amide bonds. The van der Waals surface area contributed by atoms with Gasteiger partial charge >= 0.3 is 5.97 Å². The number of rotatable bonds is 5. The van der Waals surface area contributed by atoms with Gasteiger partial charge in [0.15, 0.2) is 0 Å². The van der Waals surface area contributed by atoms with Crippen LogP contribution in [-0.4, -0.2) is 16.2 Å². The molecule has 0 aliphatic carbocycles. The molecule has 0 atom stereocenters. The van der Waals surface area contributed by atoms with Crippen LogP contribution in [-0.2, 0) is 17.8 Å². The SMILES string of the molecule is O=C(O)Cc1ccc(CNc2cccc(O)c2)s1. The molecule has 0 aliphatic heterocycles. The van der Waals surface area contributed by atoms with Crippen LogP contribution in [0.5, 0.6) is 5.75 Å². The summed E-state index contributed by atoms with van der Waals surface area (Å²) in [5.74, 6) is -0.595. The number of carbonyl (C=O) groups is 1. The number of carboxylic acids is 1. The van der Waals surface area contributed by atoms with Crippen molar-refractivity contribution in [3.8, 4) is 5.75 Å². The fourth-order valence-corrected chi connectivity index (χ4v) is 2.52. The number of carboxylic acid groups (broad SMARTS) is 1. The average molecular weight is 263 g/mol. The van der Waals surface area contributed by atoms with E-state index in [2.05, 4.69) is 5.32 Å². The fourth-order valence-electron chi connectivity index (χ4n) is 1.57. The minimum absolute atomic E-state index is 0.0663. The third-order valence-corrected chi connectivity index (χ3v) is 3.44. The molecule has 5 heteroatoms. The van der Waals surface area contributed by atoms with Crippen LogP contribution >= 0.6 is 11.3 Å². The van der Waals surface area contributed by atoms with Crippen LogP contribution in [0.25, 0.3) is 0 Å². The zero-order valence-electron chi connectivity index (χ0n) is 9.59. The lowest BCUT2D eigenvalue weighted by molar-refractivity contribution is -0.136. The smallest absolute Gasteiger partial charge is 0.308 e. The van der Waals surface area contributed by atoms with Crippen molar-refractivity contribution in [2.45, 2.75) is 13.0 Å². The fraction of sp³-hybridized carbons (Fsp3) is 0.154. The zero-order chi connectivity index (χ0) is 13.0. The van der Waals surface area contributed by atoms with Gasteiger partial charge in [-0.2, -0.15) is 0 Å². The molecule has 0 radical (unpaired) electrons. The van der Waals surface area contributed by atoms with E-state index in [1.54, 1.807) is 18.2 Å². The summed E-state index contributed by atoms with van der Waals surface area (Å²) in [5, 5.41) is 21.2. The largest absolute Gasteiger partial charge is 0.508 e. The number of hydrogen-bond donors (Lipinski definition) is 3. The summed E-state index contributed by atoms with van der Waals surface area (Å²) in [7, 11) is 0. The summed E-state index contributed by atoms with van der Waals surface area (Å²) < 4.78 is 0. The van der Waals surface area contributed by atoms with Gasteiger partial charge in [0.05, 0.1) is 6.42 Å². The van der Waals surface area contributed by atoms with Crippen molar-refractivity contribution >= 4 is 23.0 Å². The number of phenolic OH excluding ortho intramolecular Hbond substituents is 1. The number of hydrogen-bond acceptors (Lipinski definition) is 4. The first kappa shape index (κ1) is 12.4. The normalized spacial score (nSPS) is 10.2. The standard InChI is InChI=1S/C13H13NO3S/c15-10-3-1-2-9(6-10)14-8-12-5-4-11(18-12)7-13(16)17/h1-6,14-15H,7-8H2,(H,16,17). The Morgan fingerprint density at radius 2 is 2.00 bits per heavy atom. The first-order valence-electron chi connectivity index (χ1n) is 5.46. The van der Waals surface area contributed by atoms with E-state index in [0.29, 0.717) is 6.54 Å². The molecule has 18 heavy (non-hydrogen) atoms. The second-order valence-corrected chi connectivity index (χ2v) is 5.10. The number of thiophene rings is 1. The Labute approximate surface area is 109 Å². The molecule has 1 aromatic carbocycles. The zero-order valence-corrected chi connectivity index (χ0v) is 10.4. The molecule has 0 saturated heterocycles. The first-order chi connectivity index (χ1) is 8.63. The predicted molar refractivity (Wildman–Crippen MR) is 71.1 cm³/mol. The summed E-state index contributed by atoms with van der Waals surface area (Å²) in [6.07, 6.45) is 0.0663. The first-order valence-corrected chi connectivity index (χ1v) is 6.27. The summed E-state index contributed by atoms with van der Waals surface area (Å²) in [6.45, 7) is 0.619. The second kappa shape index (κ2) is 5.55. The van der Waals surface area contributed by atoms with Crippen molar-refractivity contribution in [3.05, 3.63) is 46.2 Å². The van der Waals surface area contributed by atoms with Gasteiger partial charge in [0.2, 0.25) is 0 Å². The highest BCUT2D eigenvalue weighted by Gasteiger charge is 2.04. The van der Waals surface area contributed by atoms with Crippen LogP contribution in [0.4, 0.5) is 5.69 Å². The Morgan fingerprint density at radius 3 is 2.72 bits per heavy atom. The number of benzene rings is 1. The molecule has 0 fully saturated rings. The Bertz CT molecular complexity index is 551. The van der Waals surface area contributed by atoms with Gasteiger partial charge in [0.1, 0.15) is 5.75 Å². The molecule has 2 rings (SSSR count). The van der Waals surface area contributed by atoms with Gasteiger partial charge in [-0.25, -0.2) is 0 Å². The van der Waals surface area contributed by atoms with Crippen LogP contribution in [0.15, 0.2) is 36.4 Å². The lowest BCUT2D eigenvalue weighted by Crippen LogP contribution is -1.97. The minimum Gasteiger partial charge on any atom is -0.508 e. The molecule has 1 heterocycles. The molecule has 0 bridgehead atoms. The monoisotopic (exact) mass is 263 g/mol. The molecule has 4 nitrogen and oxygen atoms in total. The van der Waals surface area contributed by atoms with Crippen LogP contribution in [0, 0.1) is 0 Å². The number of phenols is 1. The minimum atomic E-state index is -0.815. The van der Waals surface area contributed by atoms with Gasteiger partial charge in [-0.15, -0.1) is 11.3 Å². The van der Waals surface area contributed by atoms with Crippen molar-refractivity contribution < 1.29 is 15.0 Å². The lowest BCUT2D eigenvalue weighted by Gasteiger charge is -2.04. The van der Waals surface area contributed by atoms with E-state index in [1.807, 2.05) is 18.2 Å². The van der Waals surface area contributed by atoms with Crippen LogP contribution in [0.3, 0.4) is 0 Å². The van der Waals surface area contributed by atoms with E-state index in [1.165, 1.54) is 11.3 Å². The maximum absolute atomic E-state index is 10.6. The van der Waals surface area contributed by atoms with E-state index in [0.717, 1.165) is 15.4 Å². The number of aromatic hydroxyl groups is 1. The lowest BCUT2D eigenvalue weighted by atomic mass is 10.3. The number of aliphatic carboxylic acids is 1. The summed E-state index contributed by atoms with van der Waals surface area (Å²) in [5.41, 5.74) is 0.836. The van der Waals surface area contributed by atoms with E-state index in [-0.39, 0.29) is 12.2 Å². The quantitative estimate of drug-likeness (QED) is 0.775. The molecule has 0 spiro atoms. The van der Waals surface area contributed by atoms with E-state index in [9.17, 15) is 9.90 Å². The molecule has 1 aromatic heterocycles. The van der Waals surface area contributed by atoms with E-state index >= 15 is 0 Å². The summed E-state index contributed by atoms with van der Waals surface area (Å²) >= 11 is 1.48. The Morgan fingerprint density at radius 1 is 1.22 bits per heavy atom. The maximum Gasteiger partial charge on any atom is 0.308 e. The number of anilines is 1. The highest BCUT2D eigenvalue weighted by Crippen LogP contribution is 2.20. The average Bonchev–Trinajstić information content (AvgIpc) is 2.73. The molecule has 2 aromatic rings. The van der Waals surface area contributed by atoms with E-state index in [4.69, 9.17) is 5.11 Å². The van der Waals surface area contributed by atoms with Gasteiger partial charge < -0.3 is 15.5 Å².